The van der Waals surface area contributed by atoms with Gasteiger partial charge in [0, 0.05) is 30.2 Å². The molecule has 0 bridgehead atoms. The predicted octanol–water partition coefficient (Wildman–Crippen LogP) is 5.58. The van der Waals surface area contributed by atoms with Gasteiger partial charge in [-0.3, -0.25) is 19.6 Å². The number of ether oxygens (including phenoxy) is 1. The molecule has 2 aromatic rings. The monoisotopic (exact) mass is 517 g/mol. The molecule has 0 aliphatic heterocycles. The Balaban J connectivity index is 1.78. The van der Waals surface area contributed by atoms with Crippen LogP contribution in [0.15, 0.2) is 41.7 Å². The van der Waals surface area contributed by atoms with Gasteiger partial charge in [-0.15, -0.1) is 0 Å². The molecule has 1 fully saturated rings. The van der Waals surface area contributed by atoms with Crippen LogP contribution in [-0.2, 0) is 20.7 Å². The molecule has 1 amide bonds. The van der Waals surface area contributed by atoms with Crippen molar-refractivity contribution in [3.05, 3.63) is 57.8 Å². The third-order valence-corrected chi connectivity index (χ3v) is 6.63. The Hall–Kier alpha value is -2.77. The average molecular weight is 518 g/mol. The maximum absolute atomic E-state index is 12.7. The molecule has 9 heteroatoms. The first-order chi connectivity index (χ1) is 16.6. The molecule has 0 saturated heterocycles. The van der Waals surface area contributed by atoms with Crippen LogP contribution >= 0.6 is 23.2 Å². The number of pyridine rings is 1. The van der Waals surface area contributed by atoms with Crippen molar-refractivity contribution < 1.29 is 19.1 Å². The lowest BCUT2D eigenvalue weighted by Crippen LogP contribution is -2.56. The topological polar surface area (TPSA) is 97.7 Å². The van der Waals surface area contributed by atoms with E-state index in [4.69, 9.17) is 32.9 Å². The molecule has 0 spiro atoms. The summed E-state index contributed by atoms with van der Waals surface area (Å²) in [6.45, 7) is 7.71. The van der Waals surface area contributed by atoms with Gasteiger partial charge >= 0.3 is 5.97 Å². The summed E-state index contributed by atoms with van der Waals surface area (Å²) in [6, 6.07) is 6.30. The molecule has 186 valence electrons. The van der Waals surface area contributed by atoms with E-state index in [-0.39, 0.29) is 33.9 Å². The molecule has 1 saturated carbocycles. The van der Waals surface area contributed by atoms with Gasteiger partial charge in [0.15, 0.2) is 11.8 Å². The van der Waals surface area contributed by atoms with Crippen molar-refractivity contribution in [1.29, 1.82) is 0 Å². The number of amides is 1. The molecule has 1 N–H and O–H groups in total. The number of aromatic nitrogens is 1. The lowest BCUT2D eigenvalue weighted by molar-refractivity contribution is -0.144. The average Bonchev–Trinajstić information content (AvgIpc) is 2.81. The number of hydrogen-bond donors (Lipinski definition) is 1. The van der Waals surface area contributed by atoms with Gasteiger partial charge in [0.05, 0.1) is 33.5 Å². The number of hydrogen-bond acceptors (Lipinski definition) is 6. The van der Waals surface area contributed by atoms with Crippen molar-refractivity contribution in [2.75, 3.05) is 11.9 Å². The number of ketones is 1. The molecule has 2 atom stereocenters. The summed E-state index contributed by atoms with van der Waals surface area (Å²) < 4.78 is 5.27. The number of anilines is 1. The zero-order valence-electron chi connectivity index (χ0n) is 20.2. The normalized spacial score (nSPS) is 18.6. The second kappa shape index (κ2) is 11.3. The Morgan fingerprint density at radius 1 is 1.14 bits per heavy atom. The van der Waals surface area contributed by atoms with Crippen LogP contribution in [-0.4, -0.2) is 41.0 Å². The fourth-order valence-corrected chi connectivity index (χ4v) is 4.75. The minimum absolute atomic E-state index is 0.143. The number of nitrogens with one attached hydrogen (secondary N) is 1. The SMILES string of the molecule is CCCC1C(=O)C(C)(C)C1=N[C@@H](Cc1ccc(NC(=O)c2c(Cl)cncc2Cl)cc1)C(=O)OCC. The smallest absolute Gasteiger partial charge is 0.331 e. The number of halogens is 2. The summed E-state index contributed by atoms with van der Waals surface area (Å²) in [5.74, 6) is -0.957. The molecule has 1 aliphatic rings. The number of nitrogens with zero attached hydrogens (tertiary/aromatic N) is 2. The van der Waals surface area contributed by atoms with Crippen molar-refractivity contribution in [3.63, 3.8) is 0 Å². The van der Waals surface area contributed by atoms with Crippen molar-refractivity contribution in [1.82, 2.24) is 4.98 Å². The Bertz CT molecular complexity index is 1130. The van der Waals surface area contributed by atoms with E-state index in [0.29, 0.717) is 12.1 Å². The van der Waals surface area contributed by atoms with Crippen LogP contribution in [0.1, 0.15) is 56.5 Å². The molecule has 1 unspecified atom stereocenters. The van der Waals surface area contributed by atoms with Crippen LogP contribution in [0.25, 0.3) is 0 Å². The van der Waals surface area contributed by atoms with Gasteiger partial charge in [-0.25, -0.2) is 4.79 Å². The predicted molar refractivity (Wildman–Crippen MR) is 137 cm³/mol. The lowest BCUT2D eigenvalue weighted by atomic mass is 9.59. The highest BCUT2D eigenvalue weighted by Gasteiger charge is 2.52. The number of aliphatic imine (C=N–C) groups is 1. The van der Waals surface area contributed by atoms with Crippen LogP contribution < -0.4 is 5.32 Å². The van der Waals surface area contributed by atoms with Crippen molar-refractivity contribution in [3.8, 4) is 0 Å². The summed E-state index contributed by atoms with van der Waals surface area (Å²) in [7, 11) is 0. The molecular formula is C26H29Cl2N3O4. The van der Waals surface area contributed by atoms with Crippen molar-refractivity contribution in [2.24, 2.45) is 16.3 Å². The second-order valence-electron chi connectivity index (χ2n) is 8.95. The van der Waals surface area contributed by atoms with Crippen LogP contribution in [0.5, 0.6) is 0 Å². The first kappa shape index (κ1) is 26.8. The van der Waals surface area contributed by atoms with Crippen molar-refractivity contribution >= 4 is 52.3 Å². The largest absolute Gasteiger partial charge is 0.464 e. The second-order valence-corrected chi connectivity index (χ2v) is 9.76. The highest BCUT2D eigenvalue weighted by Crippen LogP contribution is 2.41. The third kappa shape index (κ3) is 5.90. The highest BCUT2D eigenvalue weighted by molar-refractivity contribution is 6.40. The number of benzene rings is 1. The molecule has 1 aromatic heterocycles. The summed E-state index contributed by atoms with van der Waals surface area (Å²) in [4.78, 5) is 46.4. The van der Waals surface area contributed by atoms with E-state index in [0.717, 1.165) is 24.1 Å². The zero-order valence-corrected chi connectivity index (χ0v) is 21.7. The van der Waals surface area contributed by atoms with Gasteiger partial charge in [0.25, 0.3) is 5.91 Å². The van der Waals surface area contributed by atoms with Crippen LogP contribution in [0, 0.1) is 11.3 Å². The highest BCUT2D eigenvalue weighted by atomic mass is 35.5. The van der Waals surface area contributed by atoms with Crippen LogP contribution in [0.3, 0.4) is 0 Å². The molecular weight excluding hydrogens is 489 g/mol. The van der Waals surface area contributed by atoms with E-state index < -0.39 is 23.3 Å². The quantitative estimate of drug-likeness (QED) is 0.437. The summed E-state index contributed by atoms with van der Waals surface area (Å²) in [5, 5.41) is 3.07. The molecule has 35 heavy (non-hydrogen) atoms. The first-order valence-corrected chi connectivity index (χ1v) is 12.3. The summed E-state index contributed by atoms with van der Waals surface area (Å²) >= 11 is 12.1. The van der Waals surface area contributed by atoms with Gasteiger partial charge in [-0.05, 0) is 44.9 Å². The molecule has 1 aliphatic carbocycles. The molecule has 0 radical (unpaired) electrons. The molecule has 1 aromatic carbocycles. The van der Waals surface area contributed by atoms with E-state index in [1.807, 2.05) is 20.8 Å². The maximum Gasteiger partial charge on any atom is 0.331 e. The number of esters is 1. The minimum atomic E-state index is -0.758. The van der Waals surface area contributed by atoms with Gasteiger partial charge < -0.3 is 10.1 Å². The van der Waals surface area contributed by atoms with E-state index in [9.17, 15) is 14.4 Å². The van der Waals surface area contributed by atoms with E-state index in [2.05, 4.69) is 10.3 Å². The number of carbonyl (C=O) groups is 3. The van der Waals surface area contributed by atoms with Crippen molar-refractivity contribution in [2.45, 2.75) is 53.0 Å². The van der Waals surface area contributed by atoms with Gasteiger partial charge in [-0.2, -0.15) is 0 Å². The van der Waals surface area contributed by atoms with E-state index in [1.165, 1.54) is 12.4 Å². The molecule has 3 rings (SSSR count). The molecule has 7 nitrogen and oxygen atoms in total. The fourth-order valence-electron chi connectivity index (χ4n) is 4.21. The Kier molecular flexibility index (Phi) is 8.67. The lowest BCUT2D eigenvalue weighted by Gasteiger charge is -2.43. The van der Waals surface area contributed by atoms with Gasteiger partial charge in [0.1, 0.15) is 0 Å². The van der Waals surface area contributed by atoms with E-state index in [1.54, 1.807) is 31.2 Å². The minimum Gasteiger partial charge on any atom is -0.464 e. The van der Waals surface area contributed by atoms with Crippen LogP contribution in [0.2, 0.25) is 10.0 Å². The molecule has 1 heterocycles. The van der Waals surface area contributed by atoms with Gasteiger partial charge in [-0.1, -0.05) is 48.7 Å². The third-order valence-electron chi connectivity index (χ3n) is 6.06. The number of Topliss-reactive ketones (excluding diaryl/α,β-unsaturated/α-hetero) is 1. The Labute approximate surface area is 215 Å². The fraction of sp³-hybridized carbons (Fsp3) is 0.423. The standard InChI is InChI=1S/C26H29Cl2N3O4/c1-5-7-17-22(26(3,4)23(17)32)31-20(25(34)35-6-2)12-15-8-10-16(11-9-15)30-24(33)21-18(27)13-29-14-19(21)28/h8-11,13-14,17,20H,5-7,12H2,1-4H3,(H,30,33)/t17?,20-/m0/s1. The van der Waals surface area contributed by atoms with E-state index >= 15 is 0 Å². The number of carbonyl (C=O) groups excluding carboxylic acids is 3. The zero-order chi connectivity index (χ0) is 25.8. The van der Waals surface area contributed by atoms with Crippen LogP contribution in [0.4, 0.5) is 5.69 Å². The van der Waals surface area contributed by atoms with Gasteiger partial charge in [0.2, 0.25) is 0 Å². The maximum atomic E-state index is 12.7. The Morgan fingerprint density at radius 2 is 1.77 bits per heavy atom. The number of rotatable bonds is 9. The Morgan fingerprint density at radius 3 is 2.34 bits per heavy atom. The summed E-state index contributed by atoms with van der Waals surface area (Å²) in [5.41, 5.74) is 1.60. The summed E-state index contributed by atoms with van der Waals surface area (Å²) in [6.07, 6.45) is 4.59. The first-order valence-electron chi connectivity index (χ1n) is 11.6.